The first-order valence-electron chi connectivity index (χ1n) is 14.1. The number of nitrogens with one attached hydrogen (secondary N) is 2. The molecule has 3 amide bonds. The van der Waals surface area contributed by atoms with Gasteiger partial charge in [0.15, 0.2) is 10.8 Å². The Kier molecular flexibility index (Phi) is 8.09. The molecule has 2 aromatic heterocycles. The van der Waals surface area contributed by atoms with Crippen molar-refractivity contribution in [1.82, 2.24) is 19.5 Å². The molecule has 0 spiro atoms. The molecule has 1 aliphatic heterocycles. The molecule has 1 saturated heterocycles. The number of aryl methyl sites for hydroxylation is 2. The Labute approximate surface area is 266 Å². The third-order valence-electron chi connectivity index (χ3n) is 7.53. The van der Waals surface area contributed by atoms with Gasteiger partial charge >= 0.3 is 17.3 Å². The fraction of sp³-hybridized carbons (Fsp3) is 0.188. The molecule has 2 atom stereocenters. The van der Waals surface area contributed by atoms with Crippen molar-refractivity contribution < 1.29 is 18.0 Å². The van der Waals surface area contributed by atoms with E-state index in [9.17, 15) is 19.1 Å². The second-order valence-electron chi connectivity index (χ2n) is 10.7. The molecule has 1 aliphatic rings. The molecular formula is C32H29N7O4S2. The molecule has 6 rings (SSSR count). The van der Waals surface area contributed by atoms with Crippen LogP contribution in [0.2, 0.25) is 0 Å². The smallest absolute Gasteiger partial charge is 0.333 e. The summed E-state index contributed by atoms with van der Waals surface area (Å²) >= 11 is -0.562. The molecule has 2 unspecified atom stereocenters. The van der Waals surface area contributed by atoms with Crippen LogP contribution in [0.25, 0.3) is 5.65 Å². The van der Waals surface area contributed by atoms with Crippen LogP contribution in [-0.4, -0.2) is 41.7 Å². The summed E-state index contributed by atoms with van der Waals surface area (Å²) in [7, 11) is 0. The lowest BCUT2D eigenvalue weighted by atomic mass is 10.1. The number of hydrogen-bond donors (Lipinski definition) is 2. The van der Waals surface area contributed by atoms with E-state index >= 15 is 0 Å². The number of nitrogens with zero attached hydrogens (tertiary/aromatic N) is 5. The molecule has 1 fully saturated rings. The Morgan fingerprint density at radius 3 is 2.60 bits per heavy atom. The van der Waals surface area contributed by atoms with Gasteiger partial charge in [-0.3, -0.25) is 14.6 Å². The van der Waals surface area contributed by atoms with E-state index in [-0.39, 0.29) is 23.8 Å². The van der Waals surface area contributed by atoms with Gasteiger partial charge in [0, 0.05) is 17.0 Å². The molecule has 0 aliphatic carbocycles. The number of carbonyl (C=O) groups excluding carboxylic acids is 2. The number of amides is 3. The van der Waals surface area contributed by atoms with Crippen molar-refractivity contribution in [2.45, 2.75) is 50.3 Å². The molecule has 5 aromatic rings. The highest BCUT2D eigenvalue weighted by molar-refractivity contribution is 7.99. The first-order valence-corrected chi connectivity index (χ1v) is 15.9. The number of H-pyrrole nitrogens is 1. The summed E-state index contributed by atoms with van der Waals surface area (Å²) in [6, 6.07) is 23.4. The van der Waals surface area contributed by atoms with Crippen molar-refractivity contribution in [1.29, 1.82) is 5.26 Å². The number of carbonyl (C=O) groups is 2. The average molecular weight is 640 g/mol. The summed E-state index contributed by atoms with van der Waals surface area (Å²) in [4.78, 5) is 35.2. The van der Waals surface area contributed by atoms with Crippen molar-refractivity contribution in [2.75, 3.05) is 9.62 Å². The van der Waals surface area contributed by atoms with Gasteiger partial charge in [0.05, 0.1) is 5.69 Å². The maximum atomic E-state index is 13.7. The Bertz CT molecular complexity index is 2020. The summed E-state index contributed by atoms with van der Waals surface area (Å²) in [5, 5.41) is 13.6. The normalized spacial score (nSPS) is 15.5. The van der Waals surface area contributed by atoms with Gasteiger partial charge in [0.25, 0.3) is 5.91 Å². The molecule has 2 N–H and O–H groups in total. The van der Waals surface area contributed by atoms with E-state index in [1.54, 1.807) is 32.0 Å². The summed E-state index contributed by atoms with van der Waals surface area (Å²) in [5.41, 5.74) is 4.38. The first-order chi connectivity index (χ1) is 21.6. The zero-order valence-electron chi connectivity index (χ0n) is 24.9. The van der Waals surface area contributed by atoms with E-state index in [0.717, 1.165) is 26.5 Å². The molecule has 0 saturated carbocycles. The van der Waals surface area contributed by atoms with Crippen molar-refractivity contribution in [2.24, 2.45) is 0 Å². The van der Waals surface area contributed by atoms with Crippen LogP contribution in [0.4, 0.5) is 16.3 Å². The van der Waals surface area contributed by atoms with Gasteiger partial charge in [-0.05, 0) is 68.7 Å². The summed E-state index contributed by atoms with van der Waals surface area (Å²) in [6.45, 7) is 7.49. The third-order valence-corrected chi connectivity index (χ3v) is 9.13. The van der Waals surface area contributed by atoms with E-state index in [1.165, 1.54) is 21.2 Å². The molecule has 228 valence electrons. The molecule has 0 bridgehead atoms. The lowest BCUT2D eigenvalue weighted by Gasteiger charge is -2.19. The number of urea groups is 1. The van der Waals surface area contributed by atoms with Crippen LogP contribution in [0, 0.1) is 32.1 Å². The van der Waals surface area contributed by atoms with Gasteiger partial charge in [-0.15, -0.1) is 0 Å². The predicted octanol–water partition coefficient (Wildman–Crippen LogP) is 6.04. The monoisotopic (exact) mass is 639 g/mol. The Balaban J connectivity index is 1.25. The van der Waals surface area contributed by atoms with Crippen molar-refractivity contribution >= 4 is 52.1 Å². The minimum Gasteiger partial charge on any atom is -0.385 e. The Morgan fingerprint density at radius 1 is 1.07 bits per heavy atom. The molecular weight excluding hydrogens is 611 g/mol. The fourth-order valence-corrected chi connectivity index (χ4v) is 6.68. The lowest BCUT2D eigenvalue weighted by Crippen LogP contribution is -2.34. The van der Waals surface area contributed by atoms with Crippen LogP contribution < -0.4 is 13.8 Å². The molecule has 3 heterocycles. The van der Waals surface area contributed by atoms with Crippen LogP contribution in [0.1, 0.15) is 34.7 Å². The van der Waals surface area contributed by atoms with Crippen LogP contribution >= 0.6 is 11.8 Å². The second kappa shape index (κ2) is 12.1. The average Bonchev–Trinajstić information content (AvgIpc) is 3.59. The van der Waals surface area contributed by atoms with Crippen molar-refractivity contribution in [3.05, 3.63) is 101 Å². The van der Waals surface area contributed by atoms with Crippen LogP contribution in [0.15, 0.2) is 82.8 Å². The molecule has 0 radical (unpaired) electrons. The number of hydrogen-bond acceptors (Lipinski definition) is 7. The maximum Gasteiger partial charge on any atom is 0.333 e. The molecule has 3 aromatic carbocycles. The standard InChI is InChI=1S/C32H29N7O4S2/c1-19-13-14-20(2)27(15-19)43-45(42)36-24-11-8-12-25(16-24)44-31-34-28-26(17-33)21(3)29(39(28)35-31)38-30(40)22(4)37(32(38)41)18-23-9-6-5-7-10-23/h5-16,22,36H,18H2,1-4H3,(H,34,35). The van der Waals surface area contributed by atoms with Gasteiger partial charge in [-0.25, -0.2) is 19.2 Å². The highest BCUT2D eigenvalue weighted by Crippen LogP contribution is 2.36. The van der Waals surface area contributed by atoms with E-state index in [2.05, 4.69) is 20.9 Å². The highest BCUT2D eigenvalue weighted by Gasteiger charge is 2.46. The minimum atomic E-state index is -1.84. The van der Waals surface area contributed by atoms with Crippen LogP contribution in [-0.2, 0) is 22.6 Å². The van der Waals surface area contributed by atoms with Gasteiger partial charge < -0.3 is 9.08 Å². The maximum absolute atomic E-state index is 13.7. The van der Waals surface area contributed by atoms with Crippen molar-refractivity contribution in [3.8, 4) is 11.8 Å². The SMILES string of the molecule is Cc1ccc(C)c(OS(=O)Nc2cccc(Sc3nc4c(C#N)c(C)c(N5C(=O)C(C)N(Cc6ccccc6)C5=O)n4[nH]3)c2)c1. The second-order valence-corrected chi connectivity index (χ2v) is 12.6. The van der Waals surface area contributed by atoms with Crippen LogP contribution in [0.5, 0.6) is 5.75 Å². The summed E-state index contributed by atoms with van der Waals surface area (Å²) in [6.07, 6.45) is 0. The Morgan fingerprint density at radius 2 is 1.84 bits per heavy atom. The third kappa shape index (κ3) is 5.77. The van der Waals surface area contributed by atoms with E-state index < -0.39 is 23.3 Å². The van der Waals surface area contributed by atoms with E-state index in [4.69, 9.17) is 4.18 Å². The van der Waals surface area contributed by atoms with E-state index in [1.807, 2.05) is 68.4 Å². The minimum absolute atomic E-state index is 0.257. The quantitative estimate of drug-likeness (QED) is 0.188. The van der Waals surface area contributed by atoms with E-state index in [0.29, 0.717) is 27.8 Å². The number of fused-ring (bicyclic) bond motifs is 1. The number of nitriles is 1. The highest BCUT2D eigenvalue weighted by atomic mass is 32.2. The molecule has 45 heavy (non-hydrogen) atoms. The number of imide groups is 1. The van der Waals surface area contributed by atoms with Gasteiger partial charge in [-0.2, -0.15) is 9.47 Å². The van der Waals surface area contributed by atoms with Gasteiger partial charge in [0.1, 0.15) is 29.2 Å². The number of anilines is 2. The summed E-state index contributed by atoms with van der Waals surface area (Å²) in [5.74, 6) is 0.402. The molecule has 13 heteroatoms. The number of aromatic nitrogens is 3. The fourth-order valence-electron chi connectivity index (χ4n) is 5.15. The largest absolute Gasteiger partial charge is 0.385 e. The summed E-state index contributed by atoms with van der Waals surface area (Å²) < 4.78 is 22.7. The Hall–Kier alpha value is -5.06. The zero-order chi connectivity index (χ0) is 31.8. The zero-order valence-corrected chi connectivity index (χ0v) is 26.5. The number of benzene rings is 3. The van der Waals surface area contributed by atoms with Crippen LogP contribution in [0.3, 0.4) is 0 Å². The van der Waals surface area contributed by atoms with Crippen molar-refractivity contribution in [3.63, 3.8) is 0 Å². The number of rotatable bonds is 9. The lowest BCUT2D eigenvalue weighted by molar-refractivity contribution is -0.119. The topological polar surface area (TPSA) is 136 Å². The predicted molar refractivity (Wildman–Crippen MR) is 172 cm³/mol. The van der Waals surface area contributed by atoms with Gasteiger partial charge in [-0.1, -0.05) is 60.3 Å². The number of aromatic amines is 1. The van der Waals surface area contributed by atoms with Gasteiger partial charge in [0.2, 0.25) is 0 Å². The first kappa shape index (κ1) is 30.0. The molecule has 11 nitrogen and oxygen atoms in total.